The number of hydrogen-bond donors (Lipinski definition) is 2. The molecule has 2 N–H and O–H groups in total. The largest absolute Gasteiger partial charge is 0.508 e. The van der Waals surface area contributed by atoms with E-state index < -0.39 is 0 Å². The minimum absolute atomic E-state index is 0.0951. The molecule has 9 heteroatoms. The molecule has 0 aliphatic carbocycles. The third-order valence-electron chi connectivity index (χ3n) is 4.36. The van der Waals surface area contributed by atoms with Crippen molar-refractivity contribution in [2.24, 2.45) is 5.10 Å². The zero-order valence-electron chi connectivity index (χ0n) is 16.7. The lowest BCUT2D eigenvalue weighted by Crippen LogP contribution is -2.20. The summed E-state index contributed by atoms with van der Waals surface area (Å²) < 4.78 is 1.89. The highest BCUT2D eigenvalue weighted by molar-refractivity contribution is 7.99. The van der Waals surface area contributed by atoms with Crippen molar-refractivity contribution in [3.05, 3.63) is 89.4 Å². The van der Waals surface area contributed by atoms with Crippen LogP contribution in [0.5, 0.6) is 5.75 Å². The molecule has 7 nitrogen and oxygen atoms in total. The van der Waals surface area contributed by atoms with Crippen LogP contribution in [0.2, 0.25) is 5.02 Å². The summed E-state index contributed by atoms with van der Waals surface area (Å²) in [5, 5.41) is 23.2. The first-order valence-electron chi connectivity index (χ1n) is 9.60. The number of nitrogens with one attached hydrogen (secondary N) is 1. The van der Waals surface area contributed by atoms with Gasteiger partial charge in [0, 0.05) is 16.3 Å². The van der Waals surface area contributed by atoms with Crippen LogP contribution >= 0.6 is 23.4 Å². The summed E-state index contributed by atoms with van der Waals surface area (Å²) in [5.74, 6) is 0.598. The first-order chi connectivity index (χ1) is 15.6. The number of benzene rings is 3. The Bertz CT molecular complexity index is 1240. The highest BCUT2D eigenvalue weighted by atomic mass is 35.5. The molecule has 4 aromatic rings. The molecule has 32 heavy (non-hydrogen) atoms. The van der Waals surface area contributed by atoms with Gasteiger partial charge in [-0.3, -0.25) is 9.36 Å². The van der Waals surface area contributed by atoms with Crippen molar-refractivity contribution < 1.29 is 9.90 Å². The number of carbonyl (C=O) groups excluding carboxylic acids is 1. The van der Waals surface area contributed by atoms with Gasteiger partial charge in [-0.2, -0.15) is 5.10 Å². The Hall–Kier alpha value is -3.62. The van der Waals surface area contributed by atoms with E-state index in [2.05, 4.69) is 20.7 Å². The Morgan fingerprint density at radius 3 is 2.59 bits per heavy atom. The Labute approximate surface area is 193 Å². The van der Waals surface area contributed by atoms with Crippen LogP contribution in [0.1, 0.15) is 5.56 Å². The molecule has 3 aromatic carbocycles. The summed E-state index contributed by atoms with van der Waals surface area (Å²) in [7, 11) is 0. The minimum Gasteiger partial charge on any atom is -0.508 e. The van der Waals surface area contributed by atoms with Crippen molar-refractivity contribution in [2.45, 2.75) is 5.16 Å². The lowest BCUT2D eigenvalue weighted by molar-refractivity contribution is -0.118. The van der Waals surface area contributed by atoms with Gasteiger partial charge < -0.3 is 5.11 Å². The molecular formula is C23H18ClN5O2S. The summed E-state index contributed by atoms with van der Waals surface area (Å²) in [4.78, 5) is 12.3. The number of nitrogens with zero attached hydrogens (tertiary/aromatic N) is 4. The third-order valence-corrected chi connectivity index (χ3v) is 5.54. The SMILES string of the molecule is O=C(CSc1nnc(-c2ccccc2)n1-c1ccc(Cl)cc1)N/N=C/c1cccc(O)c1. The number of phenols is 1. The Morgan fingerprint density at radius 1 is 1.06 bits per heavy atom. The lowest BCUT2D eigenvalue weighted by Gasteiger charge is -2.10. The van der Waals surface area contributed by atoms with Crippen molar-refractivity contribution in [1.82, 2.24) is 20.2 Å². The summed E-state index contributed by atoms with van der Waals surface area (Å²) in [6.45, 7) is 0. The summed E-state index contributed by atoms with van der Waals surface area (Å²) in [6.07, 6.45) is 1.46. The number of carbonyl (C=O) groups is 1. The van der Waals surface area contributed by atoms with E-state index in [0.717, 1.165) is 11.3 Å². The average Bonchev–Trinajstić information content (AvgIpc) is 3.23. The van der Waals surface area contributed by atoms with E-state index in [1.807, 2.05) is 47.0 Å². The van der Waals surface area contributed by atoms with Gasteiger partial charge in [-0.1, -0.05) is 65.8 Å². The second-order valence-corrected chi connectivity index (χ2v) is 8.04. The predicted molar refractivity (Wildman–Crippen MR) is 126 cm³/mol. The minimum atomic E-state index is -0.293. The second-order valence-electron chi connectivity index (χ2n) is 6.66. The van der Waals surface area contributed by atoms with Crippen molar-refractivity contribution in [1.29, 1.82) is 0 Å². The molecule has 160 valence electrons. The molecule has 1 heterocycles. The first-order valence-corrected chi connectivity index (χ1v) is 11.0. The van der Waals surface area contributed by atoms with Crippen LogP contribution in [-0.4, -0.2) is 37.7 Å². The van der Waals surface area contributed by atoms with E-state index in [9.17, 15) is 9.90 Å². The molecular weight excluding hydrogens is 446 g/mol. The fourth-order valence-corrected chi connectivity index (χ4v) is 3.78. The Morgan fingerprint density at radius 2 is 1.84 bits per heavy atom. The highest BCUT2D eigenvalue weighted by Gasteiger charge is 2.17. The number of hydrazone groups is 1. The monoisotopic (exact) mass is 463 g/mol. The molecule has 0 saturated heterocycles. The Balaban J connectivity index is 1.50. The zero-order chi connectivity index (χ0) is 22.3. The number of hydrogen-bond acceptors (Lipinski definition) is 6. The molecule has 0 saturated carbocycles. The highest BCUT2D eigenvalue weighted by Crippen LogP contribution is 2.28. The quantitative estimate of drug-likeness (QED) is 0.238. The number of halogens is 1. The van der Waals surface area contributed by atoms with E-state index in [-0.39, 0.29) is 17.4 Å². The molecule has 0 bridgehead atoms. The average molecular weight is 464 g/mol. The van der Waals surface area contributed by atoms with Crippen LogP contribution in [-0.2, 0) is 4.79 Å². The van der Waals surface area contributed by atoms with Gasteiger partial charge in [0.2, 0.25) is 0 Å². The van der Waals surface area contributed by atoms with Gasteiger partial charge in [0.05, 0.1) is 12.0 Å². The van der Waals surface area contributed by atoms with Gasteiger partial charge in [0.25, 0.3) is 5.91 Å². The predicted octanol–water partition coefficient (Wildman–Crippen LogP) is 4.54. The summed E-state index contributed by atoms with van der Waals surface area (Å²) in [5.41, 5.74) is 4.89. The van der Waals surface area contributed by atoms with E-state index in [1.165, 1.54) is 18.0 Å². The summed E-state index contributed by atoms with van der Waals surface area (Å²) >= 11 is 7.30. The van der Waals surface area contributed by atoms with Crippen LogP contribution < -0.4 is 5.43 Å². The maximum absolute atomic E-state index is 12.3. The normalized spacial score (nSPS) is 11.0. The smallest absolute Gasteiger partial charge is 0.250 e. The number of rotatable bonds is 7. The van der Waals surface area contributed by atoms with E-state index in [0.29, 0.717) is 21.6 Å². The maximum Gasteiger partial charge on any atom is 0.250 e. The van der Waals surface area contributed by atoms with Crippen LogP contribution in [0.4, 0.5) is 0 Å². The van der Waals surface area contributed by atoms with Crippen molar-refractivity contribution in [3.63, 3.8) is 0 Å². The van der Waals surface area contributed by atoms with E-state index in [4.69, 9.17) is 11.6 Å². The lowest BCUT2D eigenvalue weighted by atomic mass is 10.2. The topological polar surface area (TPSA) is 92.4 Å². The number of amides is 1. The maximum atomic E-state index is 12.3. The van der Waals surface area contributed by atoms with Crippen LogP contribution in [0, 0.1) is 0 Å². The Kier molecular flexibility index (Phi) is 6.84. The third kappa shape index (κ3) is 5.35. The van der Waals surface area contributed by atoms with Gasteiger partial charge in [-0.05, 0) is 42.0 Å². The van der Waals surface area contributed by atoms with Crippen LogP contribution in [0.3, 0.4) is 0 Å². The first kappa shape index (κ1) is 21.6. The van der Waals surface area contributed by atoms with Crippen molar-refractivity contribution >= 4 is 35.5 Å². The van der Waals surface area contributed by atoms with Gasteiger partial charge in [0.15, 0.2) is 11.0 Å². The molecule has 0 fully saturated rings. The van der Waals surface area contributed by atoms with Crippen LogP contribution in [0.25, 0.3) is 17.1 Å². The number of aromatic hydroxyl groups is 1. The zero-order valence-corrected chi connectivity index (χ0v) is 18.3. The standard InChI is InChI=1S/C23H18ClN5O2S/c24-18-9-11-19(12-10-18)29-22(17-6-2-1-3-7-17)27-28-23(29)32-15-21(31)26-25-14-16-5-4-8-20(30)13-16/h1-14,30H,15H2,(H,26,31)/b25-14+. The molecule has 0 atom stereocenters. The molecule has 1 aromatic heterocycles. The molecule has 0 aliphatic rings. The van der Waals surface area contributed by atoms with Gasteiger partial charge in [-0.15, -0.1) is 10.2 Å². The number of phenolic OH excluding ortho intramolecular Hbond substituents is 1. The fraction of sp³-hybridized carbons (Fsp3) is 0.0435. The molecule has 0 aliphatic heterocycles. The fourth-order valence-electron chi connectivity index (χ4n) is 2.91. The van der Waals surface area contributed by atoms with E-state index in [1.54, 1.807) is 36.4 Å². The van der Waals surface area contributed by atoms with Gasteiger partial charge in [-0.25, -0.2) is 5.43 Å². The van der Waals surface area contributed by atoms with E-state index >= 15 is 0 Å². The van der Waals surface area contributed by atoms with Gasteiger partial charge in [0.1, 0.15) is 5.75 Å². The van der Waals surface area contributed by atoms with Crippen molar-refractivity contribution in [2.75, 3.05) is 5.75 Å². The number of thioether (sulfide) groups is 1. The van der Waals surface area contributed by atoms with Crippen molar-refractivity contribution in [3.8, 4) is 22.8 Å². The molecule has 0 spiro atoms. The second kappa shape index (κ2) is 10.1. The summed E-state index contributed by atoms with van der Waals surface area (Å²) in [6, 6.07) is 23.6. The molecule has 4 rings (SSSR count). The molecule has 0 unspecified atom stereocenters. The number of aromatic nitrogens is 3. The van der Waals surface area contributed by atoms with Gasteiger partial charge >= 0.3 is 0 Å². The molecule has 0 radical (unpaired) electrons. The molecule has 1 amide bonds. The van der Waals surface area contributed by atoms with Crippen LogP contribution in [0.15, 0.2) is 89.1 Å².